The summed E-state index contributed by atoms with van der Waals surface area (Å²) in [6.45, 7) is 2.89. The molecule has 1 N–H and O–H groups in total. The summed E-state index contributed by atoms with van der Waals surface area (Å²) in [5, 5.41) is 11.8. The van der Waals surface area contributed by atoms with Crippen LogP contribution < -0.4 is 10.2 Å². The van der Waals surface area contributed by atoms with Crippen LogP contribution in [0.1, 0.15) is 35.7 Å². The Morgan fingerprint density at radius 1 is 1.15 bits per heavy atom. The first-order chi connectivity index (χ1) is 15.6. The summed E-state index contributed by atoms with van der Waals surface area (Å²) in [5.41, 5.74) is 1.24. The van der Waals surface area contributed by atoms with Gasteiger partial charge in [-0.25, -0.2) is 17.5 Å². The van der Waals surface area contributed by atoms with Crippen LogP contribution in [-0.4, -0.2) is 57.9 Å². The zero-order valence-corrected chi connectivity index (χ0v) is 19.6. The number of carbonyl (C=O) groups excluding carboxylic acids is 2. The van der Waals surface area contributed by atoms with Crippen LogP contribution in [0.25, 0.3) is 0 Å². The fourth-order valence-electron chi connectivity index (χ4n) is 3.49. The van der Waals surface area contributed by atoms with Gasteiger partial charge in [0, 0.05) is 27.2 Å². The molecular formula is C23H26N4O5S. The van der Waals surface area contributed by atoms with E-state index in [0.717, 1.165) is 30.2 Å². The van der Waals surface area contributed by atoms with Crippen LogP contribution in [0.15, 0.2) is 47.4 Å². The number of nitrogens with zero attached hydrogens (tertiary/aromatic N) is 3. The molecule has 0 radical (unpaired) electrons. The average molecular weight is 471 g/mol. The molecule has 9 nitrogen and oxygen atoms in total. The highest BCUT2D eigenvalue weighted by atomic mass is 32.2. The summed E-state index contributed by atoms with van der Waals surface area (Å²) in [4.78, 5) is 27.6. The first kappa shape index (κ1) is 24.2. The van der Waals surface area contributed by atoms with Crippen LogP contribution in [0.2, 0.25) is 0 Å². The molecule has 0 aliphatic carbocycles. The highest BCUT2D eigenvalue weighted by Gasteiger charge is 2.27. The van der Waals surface area contributed by atoms with Crippen molar-refractivity contribution in [2.45, 2.75) is 30.8 Å². The van der Waals surface area contributed by atoms with E-state index in [1.165, 1.54) is 33.2 Å². The molecule has 2 aromatic carbocycles. The maximum Gasteiger partial charge on any atom is 0.341 e. The van der Waals surface area contributed by atoms with E-state index in [4.69, 9.17) is 4.74 Å². The molecule has 1 amide bonds. The van der Waals surface area contributed by atoms with Crippen molar-refractivity contribution in [3.8, 4) is 6.07 Å². The number of nitriles is 1. The molecule has 0 aromatic heterocycles. The number of carbonyl (C=O) groups is 2. The second kappa shape index (κ2) is 10.0. The number of benzene rings is 2. The Labute approximate surface area is 193 Å². The summed E-state index contributed by atoms with van der Waals surface area (Å²) >= 11 is 0. The van der Waals surface area contributed by atoms with Gasteiger partial charge in [-0.05, 0) is 50.1 Å². The monoisotopic (exact) mass is 470 g/mol. The molecular weight excluding hydrogens is 444 g/mol. The molecule has 1 aliphatic rings. The van der Waals surface area contributed by atoms with E-state index in [1.807, 2.05) is 11.0 Å². The zero-order chi connectivity index (χ0) is 24.2. The molecule has 1 unspecified atom stereocenters. The maximum absolute atomic E-state index is 13.1. The molecule has 0 spiro atoms. The molecule has 1 heterocycles. The van der Waals surface area contributed by atoms with Gasteiger partial charge in [-0.1, -0.05) is 12.1 Å². The molecule has 0 bridgehead atoms. The smallest absolute Gasteiger partial charge is 0.341 e. The molecule has 1 aliphatic heterocycles. The molecule has 174 valence electrons. The predicted molar refractivity (Wildman–Crippen MR) is 123 cm³/mol. The van der Waals surface area contributed by atoms with E-state index in [-0.39, 0.29) is 16.0 Å². The number of anilines is 2. The summed E-state index contributed by atoms with van der Waals surface area (Å²) < 4.78 is 31.7. The van der Waals surface area contributed by atoms with E-state index in [9.17, 15) is 23.3 Å². The van der Waals surface area contributed by atoms with Crippen molar-refractivity contribution >= 4 is 33.3 Å². The standard InChI is InChI=1S/C23H26N4O5S/c1-16(22(28)25-20-9-5-4-8-17(20)15-24)32-23(29)19-14-18(33(30,31)26(2)3)10-11-21(19)27-12-6-7-13-27/h4-5,8-11,14,16H,6-7,12-13H2,1-3H3,(H,25,28). The van der Waals surface area contributed by atoms with Gasteiger partial charge in [-0.2, -0.15) is 5.26 Å². The first-order valence-corrected chi connectivity index (χ1v) is 11.9. The van der Waals surface area contributed by atoms with Crippen molar-refractivity contribution in [2.75, 3.05) is 37.4 Å². The second-order valence-corrected chi connectivity index (χ2v) is 10.0. The SMILES string of the molecule is CC(OC(=O)c1cc(S(=O)(=O)N(C)C)ccc1N1CCCC1)C(=O)Nc1ccccc1C#N. The van der Waals surface area contributed by atoms with Crippen LogP contribution in [0.5, 0.6) is 0 Å². The number of amides is 1. The Balaban J connectivity index is 1.86. The summed E-state index contributed by atoms with van der Waals surface area (Å²) in [5.74, 6) is -1.41. The highest BCUT2D eigenvalue weighted by molar-refractivity contribution is 7.89. The Bertz CT molecular complexity index is 1200. The summed E-state index contributed by atoms with van der Waals surface area (Å²) in [6.07, 6.45) is 0.747. The predicted octanol–water partition coefficient (Wildman–Crippen LogP) is 2.59. The number of esters is 1. The molecule has 3 rings (SSSR count). The number of ether oxygens (including phenoxy) is 1. The molecule has 1 fully saturated rings. The van der Waals surface area contributed by atoms with Gasteiger partial charge in [0.15, 0.2) is 6.10 Å². The van der Waals surface area contributed by atoms with E-state index >= 15 is 0 Å². The molecule has 2 aromatic rings. The van der Waals surface area contributed by atoms with Crippen LogP contribution in [0, 0.1) is 11.3 Å². The normalized spacial score (nSPS) is 14.6. The summed E-state index contributed by atoms with van der Waals surface area (Å²) in [7, 11) is -0.949. The van der Waals surface area contributed by atoms with Crippen molar-refractivity contribution < 1.29 is 22.7 Å². The van der Waals surface area contributed by atoms with Crippen LogP contribution >= 0.6 is 0 Å². The number of nitrogens with one attached hydrogen (secondary N) is 1. The minimum absolute atomic E-state index is 0.0394. The lowest BCUT2D eigenvalue weighted by Crippen LogP contribution is -2.31. The highest BCUT2D eigenvalue weighted by Crippen LogP contribution is 2.29. The fraction of sp³-hybridized carbons (Fsp3) is 0.348. The Morgan fingerprint density at radius 2 is 1.82 bits per heavy atom. The third-order valence-corrected chi connectivity index (χ3v) is 7.18. The first-order valence-electron chi connectivity index (χ1n) is 10.5. The summed E-state index contributed by atoms with van der Waals surface area (Å²) in [6, 6.07) is 12.8. The number of rotatable bonds is 7. The van der Waals surface area contributed by atoms with Crippen molar-refractivity contribution in [1.82, 2.24) is 4.31 Å². The van der Waals surface area contributed by atoms with Crippen LogP contribution in [0.4, 0.5) is 11.4 Å². The fourth-order valence-corrected chi connectivity index (χ4v) is 4.41. The molecule has 1 saturated heterocycles. The van der Waals surface area contributed by atoms with Gasteiger partial charge in [-0.15, -0.1) is 0 Å². The number of hydrogen-bond donors (Lipinski definition) is 1. The molecule has 10 heteroatoms. The number of para-hydroxylation sites is 1. The second-order valence-electron chi connectivity index (χ2n) is 7.85. The topological polar surface area (TPSA) is 120 Å². The van der Waals surface area contributed by atoms with Gasteiger partial charge in [-0.3, -0.25) is 4.79 Å². The Morgan fingerprint density at radius 3 is 2.45 bits per heavy atom. The van der Waals surface area contributed by atoms with Gasteiger partial charge < -0.3 is 15.0 Å². The minimum atomic E-state index is -3.77. The van der Waals surface area contributed by atoms with Crippen LogP contribution in [-0.2, 0) is 19.6 Å². The van der Waals surface area contributed by atoms with Gasteiger partial charge in [0.05, 0.1) is 27.4 Å². The lowest BCUT2D eigenvalue weighted by Gasteiger charge is -2.23. The van der Waals surface area contributed by atoms with Gasteiger partial charge >= 0.3 is 5.97 Å². The molecule has 1 atom stereocenters. The molecule has 33 heavy (non-hydrogen) atoms. The number of sulfonamides is 1. The number of hydrogen-bond acceptors (Lipinski definition) is 7. The third-order valence-electron chi connectivity index (χ3n) is 5.37. The zero-order valence-electron chi connectivity index (χ0n) is 18.7. The Hall–Kier alpha value is -3.42. The quantitative estimate of drug-likeness (QED) is 0.618. The molecule has 0 saturated carbocycles. The van der Waals surface area contributed by atoms with E-state index in [1.54, 1.807) is 30.3 Å². The maximum atomic E-state index is 13.1. The largest absolute Gasteiger partial charge is 0.449 e. The van der Waals surface area contributed by atoms with Gasteiger partial charge in [0.25, 0.3) is 5.91 Å². The van der Waals surface area contributed by atoms with Gasteiger partial charge in [0.2, 0.25) is 10.0 Å². The van der Waals surface area contributed by atoms with Crippen molar-refractivity contribution in [3.05, 3.63) is 53.6 Å². The lowest BCUT2D eigenvalue weighted by molar-refractivity contribution is -0.123. The third kappa shape index (κ3) is 5.32. The van der Waals surface area contributed by atoms with E-state index < -0.39 is 28.0 Å². The average Bonchev–Trinajstić information content (AvgIpc) is 3.33. The van der Waals surface area contributed by atoms with Gasteiger partial charge in [0.1, 0.15) is 6.07 Å². The minimum Gasteiger partial charge on any atom is -0.449 e. The van der Waals surface area contributed by atoms with E-state index in [2.05, 4.69) is 5.32 Å². The van der Waals surface area contributed by atoms with Crippen molar-refractivity contribution in [1.29, 1.82) is 5.26 Å². The van der Waals surface area contributed by atoms with E-state index in [0.29, 0.717) is 11.4 Å². The lowest BCUT2D eigenvalue weighted by atomic mass is 10.1. The van der Waals surface area contributed by atoms with Crippen LogP contribution in [0.3, 0.4) is 0 Å². The van der Waals surface area contributed by atoms with Crippen molar-refractivity contribution in [3.63, 3.8) is 0 Å². The Kier molecular flexibility index (Phi) is 7.36. The van der Waals surface area contributed by atoms with Crippen molar-refractivity contribution in [2.24, 2.45) is 0 Å².